The van der Waals surface area contributed by atoms with Gasteiger partial charge in [0.1, 0.15) is 18.4 Å². The van der Waals surface area contributed by atoms with Crippen molar-refractivity contribution in [2.45, 2.75) is 39.5 Å². The number of benzene rings is 2. The summed E-state index contributed by atoms with van der Waals surface area (Å²) in [7, 11) is -4.24. The minimum absolute atomic E-state index is 0.117. The van der Waals surface area contributed by atoms with E-state index in [0.717, 1.165) is 35.4 Å². The van der Waals surface area contributed by atoms with Crippen molar-refractivity contribution in [3.8, 4) is 0 Å². The highest BCUT2D eigenvalue weighted by Gasteiger charge is 2.35. The molecule has 0 radical (unpaired) electrons. The van der Waals surface area contributed by atoms with Gasteiger partial charge >= 0.3 is 6.18 Å². The summed E-state index contributed by atoms with van der Waals surface area (Å²) in [6.45, 7) is 4.44. The molecule has 0 aromatic heterocycles. The predicted molar refractivity (Wildman–Crippen MR) is 133 cm³/mol. The third-order valence-electron chi connectivity index (χ3n) is 5.34. The molecule has 0 aliphatic rings. The van der Waals surface area contributed by atoms with Gasteiger partial charge in [-0.2, -0.15) is 13.2 Å². The van der Waals surface area contributed by atoms with Gasteiger partial charge < -0.3 is 10.2 Å². The average molecular weight is 566 g/mol. The van der Waals surface area contributed by atoms with Crippen molar-refractivity contribution in [1.29, 1.82) is 0 Å². The number of rotatable bonds is 10. The first-order chi connectivity index (χ1) is 17.0. The minimum atomic E-state index is -4.86. The molecule has 0 fully saturated rings. The topological polar surface area (TPSA) is 86.8 Å². The largest absolute Gasteiger partial charge is 0.417 e. The van der Waals surface area contributed by atoms with E-state index in [-0.39, 0.29) is 12.5 Å². The Hall–Kier alpha value is -2.86. The van der Waals surface area contributed by atoms with Crippen molar-refractivity contribution in [2.75, 3.05) is 23.7 Å². The van der Waals surface area contributed by atoms with E-state index in [1.54, 1.807) is 0 Å². The lowest BCUT2D eigenvalue weighted by Crippen LogP contribution is -2.51. The molecule has 0 spiro atoms. The molecule has 2 aromatic rings. The van der Waals surface area contributed by atoms with E-state index >= 15 is 0 Å². The Morgan fingerprint density at radius 1 is 1.05 bits per heavy atom. The molecule has 0 bridgehead atoms. The second-order valence-corrected chi connectivity index (χ2v) is 11.2. The number of carbonyl (C=O) groups is 2. The SMILES string of the molecule is CC(C)CNC(=O)C(C)N(Cc1ccc(F)cc1)C(=O)CN(c1ccc(Cl)c(C(F)(F)F)c1)S(C)(=O)=O. The van der Waals surface area contributed by atoms with Crippen molar-refractivity contribution in [1.82, 2.24) is 10.2 Å². The lowest BCUT2D eigenvalue weighted by Gasteiger charge is -2.31. The first-order valence-corrected chi connectivity index (χ1v) is 13.4. The van der Waals surface area contributed by atoms with Gasteiger partial charge in [-0.15, -0.1) is 0 Å². The van der Waals surface area contributed by atoms with Crippen LogP contribution in [-0.2, 0) is 32.3 Å². The molecule has 1 N–H and O–H groups in total. The molecule has 13 heteroatoms. The van der Waals surface area contributed by atoms with Crippen LogP contribution in [-0.4, -0.2) is 50.5 Å². The first-order valence-electron chi connectivity index (χ1n) is 11.2. The monoisotopic (exact) mass is 565 g/mol. The fraction of sp³-hybridized carbons (Fsp3) is 0.417. The number of carbonyl (C=O) groups excluding carboxylic acids is 2. The van der Waals surface area contributed by atoms with Crippen LogP contribution in [0, 0.1) is 11.7 Å². The van der Waals surface area contributed by atoms with E-state index in [9.17, 15) is 35.6 Å². The molecule has 0 saturated heterocycles. The molecule has 2 amide bonds. The summed E-state index contributed by atoms with van der Waals surface area (Å²) in [5.41, 5.74) is -1.24. The summed E-state index contributed by atoms with van der Waals surface area (Å²) in [6.07, 6.45) is -4.12. The Kier molecular flexibility index (Phi) is 9.95. The standard InChI is InChI=1S/C24H28ClF4N3O4S/c1-15(2)12-30-23(34)16(3)31(13-17-5-7-18(26)8-6-17)22(33)14-32(37(4,35)36)19-9-10-21(25)20(11-19)24(27,28)29/h5-11,15-16H,12-14H2,1-4H3,(H,30,34). The van der Waals surface area contributed by atoms with Gasteiger partial charge in [-0.3, -0.25) is 13.9 Å². The van der Waals surface area contributed by atoms with E-state index in [4.69, 9.17) is 11.6 Å². The third kappa shape index (κ3) is 8.60. The van der Waals surface area contributed by atoms with Gasteiger partial charge in [-0.1, -0.05) is 37.6 Å². The third-order valence-corrected chi connectivity index (χ3v) is 6.81. The molecule has 0 saturated carbocycles. The van der Waals surface area contributed by atoms with E-state index in [1.807, 2.05) is 13.8 Å². The van der Waals surface area contributed by atoms with Crippen LogP contribution in [0.15, 0.2) is 42.5 Å². The fourth-order valence-corrected chi connectivity index (χ4v) is 4.39. The lowest BCUT2D eigenvalue weighted by atomic mass is 10.1. The predicted octanol–water partition coefficient (Wildman–Crippen LogP) is 4.45. The lowest BCUT2D eigenvalue weighted by molar-refractivity contribution is -0.139. The summed E-state index contributed by atoms with van der Waals surface area (Å²) in [5, 5.41) is 2.06. The van der Waals surface area contributed by atoms with Crippen LogP contribution < -0.4 is 9.62 Å². The molecular formula is C24H28ClF4N3O4S. The highest BCUT2D eigenvalue weighted by molar-refractivity contribution is 7.92. The summed E-state index contributed by atoms with van der Waals surface area (Å²) < 4.78 is 79.1. The zero-order chi connectivity index (χ0) is 28.1. The van der Waals surface area contributed by atoms with Crippen molar-refractivity contribution >= 4 is 39.1 Å². The van der Waals surface area contributed by atoms with E-state index in [2.05, 4.69) is 5.32 Å². The molecule has 1 atom stereocenters. The van der Waals surface area contributed by atoms with Gasteiger partial charge in [0.2, 0.25) is 21.8 Å². The number of halogens is 5. The van der Waals surface area contributed by atoms with Crippen LogP contribution in [0.4, 0.5) is 23.2 Å². The molecule has 0 heterocycles. The highest BCUT2D eigenvalue weighted by atomic mass is 35.5. The molecule has 2 rings (SSSR count). The van der Waals surface area contributed by atoms with E-state index in [0.29, 0.717) is 22.5 Å². The summed E-state index contributed by atoms with van der Waals surface area (Å²) in [6, 6.07) is 6.53. The Labute approximate surface area is 218 Å². The molecule has 0 aliphatic heterocycles. The van der Waals surface area contributed by atoms with Crippen LogP contribution in [0.5, 0.6) is 0 Å². The van der Waals surface area contributed by atoms with Gasteiger partial charge in [0.25, 0.3) is 0 Å². The van der Waals surface area contributed by atoms with Gasteiger partial charge in [0, 0.05) is 13.1 Å². The number of nitrogens with one attached hydrogen (secondary N) is 1. The second kappa shape index (κ2) is 12.1. The average Bonchev–Trinajstić information content (AvgIpc) is 2.79. The molecule has 37 heavy (non-hydrogen) atoms. The zero-order valence-electron chi connectivity index (χ0n) is 20.6. The van der Waals surface area contributed by atoms with Gasteiger partial charge in [-0.05, 0) is 48.7 Å². The number of nitrogens with zero attached hydrogens (tertiary/aromatic N) is 2. The Balaban J connectivity index is 2.45. The van der Waals surface area contributed by atoms with Crippen LogP contribution in [0.2, 0.25) is 5.02 Å². The first kappa shape index (κ1) is 30.4. The number of anilines is 1. The number of sulfonamides is 1. The van der Waals surface area contributed by atoms with Crippen molar-refractivity contribution in [2.24, 2.45) is 5.92 Å². The zero-order valence-corrected chi connectivity index (χ0v) is 22.2. The quantitative estimate of drug-likeness (QED) is 0.431. The number of amides is 2. The summed E-state index contributed by atoms with van der Waals surface area (Å²) in [5.74, 6) is -1.77. The highest BCUT2D eigenvalue weighted by Crippen LogP contribution is 2.37. The molecular weight excluding hydrogens is 538 g/mol. The molecule has 7 nitrogen and oxygen atoms in total. The smallest absolute Gasteiger partial charge is 0.354 e. The Bertz CT molecular complexity index is 1220. The maximum Gasteiger partial charge on any atom is 0.417 e. The number of hydrogen-bond acceptors (Lipinski definition) is 4. The van der Waals surface area contributed by atoms with Crippen LogP contribution in [0.1, 0.15) is 31.9 Å². The fourth-order valence-electron chi connectivity index (χ4n) is 3.32. The maximum atomic E-state index is 13.4. The van der Waals surface area contributed by atoms with E-state index in [1.165, 1.54) is 19.1 Å². The van der Waals surface area contributed by atoms with Crippen molar-refractivity contribution in [3.05, 3.63) is 64.4 Å². The second-order valence-electron chi connectivity index (χ2n) is 8.89. The molecule has 1 unspecified atom stereocenters. The summed E-state index contributed by atoms with van der Waals surface area (Å²) >= 11 is 5.65. The number of hydrogen-bond donors (Lipinski definition) is 1. The molecule has 2 aromatic carbocycles. The maximum absolute atomic E-state index is 13.4. The van der Waals surface area contributed by atoms with Crippen molar-refractivity contribution < 1.29 is 35.6 Å². The normalized spacial score (nSPS) is 12.8. The molecule has 204 valence electrons. The van der Waals surface area contributed by atoms with Gasteiger partial charge in [-0.25, -0.2) is 12.8 Å². The van der Waals surface area contributed by atoms with Crippen molar-refractivity contribution in [3.63, 3.8) is 0 Å². The van der Waals surface area contributed by atoms with Crippen LogP contribution in [0.25, 0.3) is 0 Å². The minimum Gasteiger partial charge on any atom is -0.354 e. The summed E-state index contributed by atoms with van der Waals surface area (Å²) in [4.78, 5) is 27.2. The Morgan fingerprint density at radius 3 is 2.16 bits per heavy atom. The Morgan fingerprint density at radius 2 is 1.65 bits per heavy atom. The van der Waals surface area contributed by atoms with Gasteiger partial charge in [0.15, 0.2) is 0 Å². The number of alkyl halides is 3. The van der Waals surface area contributed by atoms with E-state index < -0.39 is 62.7 Å². The molecule has 0 aliphatic carbocycles. The van der Waals surface area contributed by atoms with Crippen LogP contribution in [0.3, 0.4) is 0 Å². The van der Waals surface area contributed by atoms with Gasteiger partial charge in [0.05, 0.1) is 22.5 Å². The van der Waals surface area contributed by atoms with Crippen LogP contribution >= 0.6 is 11.6 Å².